The van der Waals surface area contributed by atoms with E-state index >= 15 is 0 Å². The molecule has 5 heteroatoms. The number of hydrogen-bond donors (Lipinski definition) is 1. The van der Waals surface area contributed by atoms with Crippen LogP contribution in [0.5, 0.6) is 0 Å². The van der Waals surface area contributed by atoms with Crippen LogP contribution in [0.2, 0.25) is 0 Å². The summed E-state index contributed by atoms with van der Waals surface area (Å²) in [4.78, 5) is 10.1. The number of aromatic nitrogens is 2. The standard InChI is InChI=1S/C14H18BrN3S/c1-9-12(8-17-14(2,3)4)19-13(18-9)10-5-11(15)7-16-6-10/h5-7,17H,8H2,1-4H3. The predicted molar refractivity (Wildman–Crippen MR) is 84.4 cm³/mol. The van der Waals surface area contributed by atoms with E-state index in [-0.39, 0.29) is 5.54 Å². The van der Waals surface area contributed by atoms with Crippen molar-refractivity contribution in [3.63, 3.8) is 0 Å². The van der Waals surface area contributed by atoms with E-state index in [1.54, 1.807) is 17.5 Å². The van der Waals surface area contributed by atoms with Gasteiger partial charge >= 0.3 is 0 Å². The van der Waals surface area contributed by atoms with E-state index in [9.17, 15) is 0 Å². The first-order chi connectivity index (χ1) is 8.85. The Morgan fingerprint density at radius 2 is 2.05 bits per heavy atom. The molecule has 3 nitrogen and oxygen atoms in total. The molecule has 19 heavy (non-hydrogen) atoms. The molecule has 0 spiro atoms. The van der Waals surface area contributed by atoms with E-state index in [1.165, 1.54) is 4.88 Å². The van der Waals surface area contributed by atoms with Gasteiger partial charge in [-0.15, -0.1) is 11.3 Å². The number of nitrogens with zero attached hydrogens (tertiary/aromatic N) is 2. The molecule has 0 aliphatic carbocycles. The van der Waals surface area contributed by atoms with Gasteiger partial charge < -0.3 is 5.32 Å². The fourth-order valence-electron chi connectivity index (χ4n) is 1.59. The molecule has 0 aliphatic rings. The molecule has 0 aliphatic heterocycles. The molecule has 2 heterocycles. The van der Waals surface area contributed by atoms with Gasteiger partial charge in [-0.05, 0) is 49.7 Å². The molecule has 0 unspecified atom stereocenters. The Kier molecular flexibility index (Phi) is 4.38. The van der Waals surface area contributed by atoms with E-state index < -0.39 is 0 Å². The lowest BCUT2D eigenvalue weighted by molar-refractivity contribution is 0.425. The zero-order valence-corrected chi connectivity index (χ0v) is 14.0. The second kappa shape index (κ2) is 5.69. The van der Waals surface area contributed by atoms with Crippen LogP contribution in [0.25, 0.3) is 10.6 Å². The van der Waals surface area contributed by atoms with Crippen LogP contribution in [0, 0.1) is 6.92 Å². The highest BCUT2D eigenvalue weighted by Gasteiger charge is 2.13. The Hall–Kier alpha value is -0.780. The number of nitrogens with one attached hydrogen (secondary N) is 1. The van der Waals surface area contributed by atoms with Gasteiger partial charge in [0, 0.05) is 39.4 Å². The molecule has 0 aromatic carbocycles. The van der Waals surface area contributed by atoms with Crippen molar-refractivity contribution in [2.75, 3.05) is 0 Å². The van der Waals surface area contributed by atoms with Gasteiger partial charge in [0.25, 0.3) is 0 Å². The van der Waals surface area contributed by atoms with Gasteiger partial charge in [-0.1, -0.05) is 0 Å². The number of pyridine rings is 1. The molecular formula is C14H18BrN3S. The molecule has 0 bridgehead atoms. The molecule has 0 saturated heterocycles. The van der Waals surface area contributed by atoms with E-state index in [2.05, 4.69) is 58.9 Å². The first-order valence-corrected chi connectivity index (χ1v) is 7.78. The third-order valence-corrected chi connectivity index (χ3v) is 4.26. The topological polar surface area (TPSA) is 37.8 Å². The van der Waals surface area contributed by atoms with Crippen LogP contribution in [-0.2, 0) is 6.54 Å². The number of halogens is 1. The molecule has 1 N–H and O–H groups in total. The lowest BCUT2D eigenvalue weighted by atomic mass is 10.1. The molecule has 0 saturated carbocycles. The van der Waals surface area contributed by atoms with Crippen LogP contribution in [0.15, 0.2) is 22.9 Å². The Labute approximate surface area is 126 Å². The van der Waals surface area contributed by atoms with Crippen LogP contribution in [0.4, 0.5) is 0 Å². The van der Waals surface area contributed by atoms with Gasteiger partial charge in [0.1, 0.15) is 5.01 Å². The molecule has 0 amide bonds. The van der Waals surface area contributed by atoms with Crippen LogP contribution in [0.3, 0.4) is 0 Å². The molecule has 0 atom stereocenters. The largest absolute Gasteiger partial charge is 0.307 e. The zero-order valence-electron chi connectivity index (χ0n) is 11.6. The maximum Gasteiger partial charge on any atom is 0.125 e. The van der Waals surface area contributed by atoms with Crippen molar-refractivity contribution in [3.05, 3.63) is 33.5 Å². The van der Waals surface area contributed by atoms with Crippen LogP contribution >= 0.6 is 27.3 Å². The van der Waals surface area contributed by atoms with Gasteiger partial charge in [-0.3, -0.25) is 4.98 Å². The third-order valence-electron chi connectivity index (χ3n) is 2.62. The highest BCUT2D eigenvalue weighted by Crippen LogP contribution is 2.29. The van der Waals surface area contributed by atoms with E-state index in [0.29, 0.717) is 0 Å². The van der Waals surface area contributed by atoms with Crippen LogP contribution in [0.1, 0.15) is 31.3 Å². The molecule has 2 rings (SSSR count). The number of thiazole rings is 1. The number of rotatable bonds is 3. The normalized spacial score (nSPS) is 11.8. The zero-order chi connectivity index (χ0) is 14.0. The Bertz CT molecular complexity index is 572. The SMILES string of the molecule is Cc1nc(-c2cncc(Br)c2)sc1CNC(C)(C)C. The van der Waals surface area contributed by atoms with Crippen molar-refractivity contribution < 1.29 is 0 Å². The molecule has 0 fully saturated rings. The third kappa shape index (κ3) is 4.09. The first kappa shape index (κ1) is 14.6. The van der Waals surface area contributed by atoms with Crippen molar-refractivity contribution >= 4 is 27.3 Å². The minimum atomic E-state index is 0.119. The average molecular weight is 340 g/mol. The van der Waals surface area contributed by atoms with Crippen molar-refractivity contribution in [1.29, 1.82) is 0 Å². The summed E-state index contributed by atoms with van der Waals surface area (Å²) in [6.45, 7) is 9.42. The summed E-state index contributed by atoms with van der Waals surface area (Å²) in [6, 6.07) is 2.05. The maximum absolute atomic E-state index is 4.64. The molecule has 2 aromatic rings. The van der Waals surface area contributed by atoms with Gasteiger partial charge in [-0.25, -0.2) is 4.98 Å². The second-order valence-corrected chi connectivity index (χ2v) is 7.52. The highest BCUT2D eigenvalue weighted by molar-refractivity contribution is 9.10. The quantitative estimate of drug-likeness (QED) is 0.912. The lowest BCUT2D eigenvalue weighted by Gasteiger charge is -2.19. The van der Waals surface area contributed by atoms with Gasteiger partial charge in [0.2, 0.25) is 0 Å². The summed E-state index contributed by atoms with van der Waals surface area (Å²) >= 11 is 5.17. The second-order valence-electron chi connectivity index (χ2n) is 5.52. The Balaban J connectivity index is 2.21. The summed E-state index contributed by atoms with van der Waals surface area (Å²) < 4.78 is 0.979. The van der Waals surface area contributed by atoms with Crippen LogP contribution in [-0.4, -0.2) is 15.5 Å². The van der Waals surface area contributed by atoms with Crippen molar-refractivity contribution in [2.45, 2.75) is 39.8 Å². The molecule has 2 aromatic heterocycles. The smallest absolute Gasteiger partial charge is 0.125 e. The first-order valence-electron chi connectivity index (χ1n) is 6.17. The van der Waals surface area contributed by atoms with Crippen molar-refractivity contribution in [2.24, 2.45) is 0 Å². The van der Waals surface area contributed by atoms with Gasteiger partial charge in [0.05, 0.1) is 5.69 Å². The van der Waals surface area contributed by atoms with Gasteiger partial charge in [0.15, 0.2) is 0 Å². The van der Waals surface area contributed by atoms with Crippen molar-refractivity contribution in [1.82, 2.24) is 15.3 Å². The van der Waals surface area contributed by atoms with Gasteiger partial charge in [-0.2, -0.15) is 0 Å². The Morgan fingerprint density at radius 1 is 1.32 bits per heavy atom. The molecular weight excluding hydrogens is 322 g/mol. The number of hydrogen-bond acceptors (Lipinski definition) is 4. The van der Waals surface area contributed by atoms with E-state index in [0.717, 1.165) is 27.3 Å². The lowest BCUT2D eigenvalue weighted by Crippen LogP contribution is -2.34. The summed E-state index contributed by atoms with van der Waals surface area (Å²) in [5.41, 5.74) is 2.27. The minimum absolute atomic E-state index is 0.119. The summed E-state index contributed by atoms with van der Waals surface area (Å²) in [7, 11) is 0. The summed E-state index contributed by atoms with van der Waals surface area (Å²) in [5, 5.41) is 4.53. The number of aryl methyl sites for hydroxylation is 1. The summed E-state index contributed by atoms with van der Waals surface area (Å²) in [6.07, 6.45) is 3.63. The monoisotopic (exact) mass is 339 g/mol. The average Bonchev–Trinajstić information content (AvgIpc) is 2.67. The molecule has 0 radical (unpaired) electrons. The highest BCUT2D eigenvalue weighted by atomic mass is 79.9. The van der Waals surface area contributed by atoms with Crippen molar-refractivity contribution in [3.8, 4) is 10.6 Å². The molecule has 102 valence electrons. The van der Waals surface area contributed by atoms with E-state index in [1.807, 2.05) is 12.3 Å². The van der Waals surface area contributed by atoms with Crippen LogP contribution < -0.4 is 5.32 Å². The minimum Gasteiger partial charge on any atom is -0.307 e. The predicted octanol–water partition coefficient (Wildman–Crippen LogP) is 4.16. The summed E-state index contributed by atoms with van der Waals surface area (Å²) in [5.74, 6) is 0. The fraction of sp³-hybridized carbons (Fsp3) is 0.429. The fourth-order valence-corrected chi connectivity index (χ4v) is 2.94. The maximum atomic E-state index is 4.64. The van der Waals surface area contributed by atoms with E-state index in [4.69, 9.17) is 0 Å². The Morgan fingerprint density at radius 3 is 2.68 bits per heavy atom.